The lowest BCUT2D eigenvalue weighted by Crippen LogP contribution is -2.13. The molecule has 0 bridgehead atoms. The van der Waals surface area contributed by atoms with Crippen molar-refractivity contribution in [3.8, 4) is 0 Å². The van der Waals surface area contributed by atoms with Gasteiger partial charge in [-0.25, -0.2) is 0 Å². The summed E-state index contributed by atoms with van der Waals surface area (Å²) in [6.07, 6.45) is 6.10. The van der Waals surface area contributed by atoms with E-state index in [-0.39, 0.29) is 7.26 Å². The van der Waals surface area contributed by atoms with Gasteiger partial charge in [-0.3, -0.25) is 0 Å². The predicted molar refractivity (Wildman–Crippen MR) is 46.9 cm³/mol. The molecule has 1 aliphatic rings. The van der Waals surface area contributed by atoms with Crippen molar-refractivity contribution in [1.29, 1.82) is 0 Å². The van der Waals surface area contributed by atoms with E-state index in [0.717, 1.165) is 5.92 Å². The summed E-state index contributed by atoms with van der Waals surface area (Å²) in [5.74, 6) is 1.03. The standard InChI is InChI=1S/C8H18P/c1-8-4-6-9(2,3)7-5-8/h8H,4-7H2,1-3H3/q+1. The van der Waals surface area contributed by atoms with Crippen LogP contribution in [-0.2, 0) is 0 Å². The molecule has 0 radical (unpaired) electrons. The summed E-state index contributed by atoms with van der Waals surface area (Å²) >= 11 is 0. The average Bonchev–Trinajstić information content (AvgIpc) is 1.78. The van der Waals surface area contributed by atoms with Crippen LogP contribution < -0.4 is 0 Å². The van der Waals surface area contributed by atoms with Crippen LogP contribution in [-0.4, -0.2) is 25.7 Å². The van der Waals surface area contributed by atoms with Crippen LogP contribution in [0.3, 0.4) is 0 Å². The van der Waals surface area contributed by atoms with E-state index >= 15 is 0 Å². The van der Waals surface area contributed by atoms with Gasteiger partial charge in [0.15, 0.2) is 0 Å². The summed E-state index contributed by atoms with van der Waals surface area (Å²) in [6.45, 7) is 7.39. The molecule has 0 aliphatic carbocycles. The van der Waals surface area contributed by atoms with E-state index in [0.29, 0.717) is 0 Å². The van der Waals surface area contributed by atoms with Crippen molar-refractivity contribution in [3.63, 3.8) is 0 Å². The molecule has 0 aromatic rings. The lowest BCUT2D eigenvalue weighted by atomic mass is 10.1. The van der Waals surface area contributed by atoms with Crippen molar-refractivity contribution < 1.29 is 0 Å². The molecule has 0 unspecified atom stereocenters. The third kappa shape index (κ3) is 2.26. The Morgan fingerprint density at radius 2 is 1.56 bits per heavy atom. The Hall–Kier alpha value is 0.430. The first-order valence-electron chi connectivity index (χ1n) is 3.92. The van der Waals surface area contributed by atoms with Gasteiger partial charge in [-0.1, -0.05) is 6.92 Å². The van der Waals surface area contributed by atoms with Gasteiger partial charge in [-0.2, -0.15) is 0 Å². The highest BCUT2D eigenvalue weighted by Crippen LogP contribution is 2.55. The first-order valence-corrected chi connectivity index (χ1v) is 6.97. The summed E-state index contributed by atoms with van der Waals surface area (Å²) in [7, 11) is -0.374. The van der Waals surface area contributed by atoms with Crippen LogP contribution in [0.25, 0.3) is 0 Å². The smallest absolute Gasteiger partial charge is 0.0591 e. The van der Waals surface area contributed by atoms with Crippen molar-refractivity contribution >= 4 is 7.26 Å². The maximum Gasteiger partial charge on any atom is 0.0591 e. The molecule has 0 atom stereocenters. The molecule has 0 aromatic carbocycles. The van der Waals surface area contributed by atoms with Gasteiger partial charge in [-0.15, -0.1) is 0 Å². The molecule has 0 aromatic heterocycles. The van der Waals surface area contributed by atoms with Gasteiger partial charge >= 0.3 is 0 Å². The minimum atomic E-state index is -0.374. The lowest BCUT2D eigenvalue weighted by Gasteiger charge is -2.26. The Morgan fingerprint density at radius 1 is 1.11 bits per heavy atom. The van der Waals surface area contributed by atoms with Crippen molar-refractivity contribution in [2.24, 2.45) is 5.92 Å². The summed E-state index contributed by atoms with van der Waals surface area (Å²) < 4.78 is 0. The molecule has 0 spiro atoms. The highest BCUT2D eigenvalue weighted by molar-refractivity contribution is 7.74. The van der Waals surface area contributed by atoms with E-state index in [1.54, 1.807) is 12.3 Å². The first-order chi connectivity index (χ1) is 4.10. The highest BCUT2D eigenvalue weighted by Gasteiger charge is 2.30. The molecule has 9 heavy (non-hydrogen) atoms. The Kier molecular flexibility index (Phi) is 2.16. The minimum absolute atomic E-state index is 0.374. The summed E-state index contributed by atoms with van der Waals surface area (Å²) in [6, 6.07) is 0. The summed E-state index contributed by atoms with van der Waals surface area (Å²) in [5.41, 5.74) is 0. The van der Waals surface area contributed by atoms with E-state index < -0.39 is 0 Å². The zero-order chi connectivity index (χ0) is 6.91. The minimum Gasteiger partial charge on any atom is -0.0622 e. The fourth-order valence-corrected chi connectivity index (χ4v) is 3.90. The van der Waals surface area contributed by atoms with Crippen molar-refractivity contribution in [2.75, 3.05) is 25.7 Å². The fraction of sp³-hybridized carbons (Fsp3) is 1.00. The van der Waals surface area contributed by atoms with Crippen LogP contribution in [0.4, 0.5) is 0 Å². The fourth-order valence-electron chi connectivity index (χ4n) is 1.40. The van der Waals surface area contributed by atoms with Crippen LogP contribution in [0.15, 0.2) is 0 Å². The van der Waals surface area contributed by atoms with Crippen LogP contribution in [0.1, 0.15) is 19.8 Å². The molecule has 1 heteroatoms. The molecule has 1 rings (SSSR count). The normalized spacial score (nSPS) is 28.3. The van der Waals surface area contributed by atoms with E-state index in [1.165, 1.54) is 12.8 Å². The topological polar surface area (TPSA) is 0 Å². The molecule has 1 fully saturated rings. The van der Waals surface area contributed by atoms with Gasteiger partial charge in [0, 0.05) is 20.6 Å². The van der Waals surface area contributed by atoms with Gasteiger partial charge in [0.25, 0.3) is 0 Å². The van der Waals surface area contributed by atoms with E-state index in [9.17, 15) is 0 Å². The van der Waals surface area contributed by atoms with Crippen LogP contribution in [0.5, 0.6) is 0 Å². The van der Waals surface area contributed by atoms with Crippen molar-refractivity contribution in [2.45, 2.75) is 19.8 Å². The average molecular weight is 145 g/mol. The molecule has 0 saturated carbocycles. The van der Waals surface area contributed by atoms with E-state index in [1.807, 2.05) is 0 Å². The predicted octanol–water partition coefficient (Wildman–Crippen LogP) is 2.69. The SMILES string of the molecule is CC1CC[P+](C)(C)CC1. The number of hydrogen-bond donors (Lipinski definition) is 0. The first kappa shape index (κ1) is 7.54. The molecule has 1 heterocycles. The van der Waals surface area contributed by atoms with Crippen LogP contribution >= 0.6 is 7.26 Å². The second kappa shape index (κ2) is 2.58. The molecule has 0 amide bonds. The zero-order valence-electron chi connectivity index (χ0n) is 6.85. The van der Waals surface area contributed by atoms with Crippen LogP contribution in [0, 0.1) is 5.92 Å². The van der Waals surface area contributed by atoms with E-state index in [2.05, 4.69) is 20.3 Å². The molecule has 0 nitrogen and oxygen atoms in total. The largest absolute Gasteiger partial charge is 0.0622 e. The van der Waals surface area contributed by atoms with Gasteiger partial charge in [0.05, 0.1) is 12.3 Å². The Morgan fingerprint density at radius 3 is 1.89 bits per heavy atom. The molecular weight excluding hydrogens is 127 g/mol. The molecule has 54 valence electrons. The van der Waals surface area contributed by atoms with Crippen molar-refractivity contribution in [1.82, 2.24) is 0 Å². The summed E-state index contributed by atoms with van der Waals surface area (Å²) in [5, 5.41) is 0. The second-order valence-electron chi connectivity index (χ2n) is 4.07. The number of hydrogen-bond acceptors (Lipinski definition) is 0. The monoisotopic (exact) mass is 145 g/mol. The van der Waals surface area contributed by atoms with Crippen molar-refractivity contribution in [3.05, 3.63) is 0 Å². The Balaban J connectivity index is 2.35. The summed E-state index contributed by atoms with van der Waals surface area (Å²) in [4.78, 5) is 0. The van der Waals surface area contributed by atoms with Crippen LogP contribution in [0.2, 0.25) is 0 Å². The molecule has 1 saturated heterocycles. The Labute approximate surface area is 59.4 Å². The maximum atomic E-state index is 2.50. The van der Waals surface area contributed by atoms with Gasteiger partial charge in [0.1, 0.15) is 0 Å². The Bertz CT molecular complexity index is 86.7. The highest BCUT2D eigenvalue weighted by atomic mass is 31.2. The zero-order valence-corrected chi connectivity index (χ0v) is 7.75. The number of rotatable bonds is 0. The molecule has 0 N–H and O–H groups in total. The molecule has 1 aliphatic heterocycles. The maximum absolute atomic E-state index is 2.50. The quantitative estimate of drug-likeness (QED) is 0.460. The van der Waals surface area contributed by atoms with Gasteiger partial charge in [-0.05, 0) is 18.8 Å². The van der Waals surface area contributed by atoms with E-state index in [4.69, 9.17) is 0 Å². The van der Waals surface area contributed by atoms with Gasteiger partial charge < -0.3 is 0 Å². The molecular formula is C8H18P+. The van der Waals surface area contributed by atoms with Gasteiger partial charge in [0.2, 0.25) is 0 Å². The third-order valence-corrected chi connectivity index (χ3v) is 5.39. The third-order valence-electron chi connectivity index (χ3n) is 2.45. The lowest BCUT2D eigenvalue weighted by molar-refractivity contribution is 0.532. The second-order valence-corrected chi connectivity index (χ2v) is 8.83.